The molecular weight excluding hydrogens is 378 g/mol. The van der Waals surface area contributed by atoms with Crippen molar-refractivity contribution in [3.63, 3.8) is 0 Å². The third kappa shape index (κ3) is 4.17. The standard InChI is InChI=1S/C24H23N3O3/c1-16-9-10-17(2)19(14-16)26-22(28)11-12-23(29)27-15-18-6-3-4-8-21(18)30-24-20(27)7-5-13-25-24/h3-10,13-14H,11-12,15H2,1-2H3,(H,26,28). The molecule has 0 unspecified atom stereocenters. The van der Waals surface area contributed by atoms with E-state index in [0.717, 1.165) is 22.4 Å². The maximum atomic E-state index is 13.1. The molecule has 0 spiro atoms. The van der Waals surface area contributed by atoms with Crippen molar-refractivity contribution < 1.29 is 14.3 Å². The average molecular weight is 401 g/mol. The number of amides is 2. The van der Waals surface area contributed by atoms with E-state index >= 15 is 0 Å². The Labute approximate surface area is 175 Å². The lowest BCUT2D eigenvalue weighted by Gasteiger charge is -2.21. The van der Waals surface area contributed by atoms with Crippen molar-refractivity contribution in [1.29, 1.82) is 0 Å². The number of benzene rings is 2. The van der Waals surface area contributed by atoms with Gasteiger partial charge < -0.3 is 15.0 Å². The molecule has 6 heteroatoms. The van der Waals surface area contributed by atoms with Crippen molar-refractivity contribution in [2.24, 2.45) is 0 Å². The molecule has 2 heterocycles. The van der Waals surface area contributed by atoms with Gasteiger partial charge >= 0.3 is 0 Å². The highest BCUT2D eigenvalue weighted by Crippen LogP contribution is 2.37. The van der Waals surface area contributed by atoms with Gasteiger partial charge in [-0.1, -0.05) is 30.3 Å². The third-order valence-corrected chi connectivity index (χ3v) is 5.08. The van der Waals surface area contributed by atoms with Crippen LogP contribution in [0.15, 0.2) is 60.8 Å². The first-order chi connectivity index (χ1) is 14.5. The smallest absolute Gasteiger partial charge is 0.243 e. The van der Waals surface area contributed by atoms with E-state index in [0.29, 0.717) is 23.9 Å². The largest absolute Gasteiger partial charge is 0.437 e. The Kier molecular flexibility index (Phi) is 5.48. The van der Waals surface area contributed by atoms with Gasteiger partial charge in [0.25, 0.3) is 0 Å². The number of para-hydroxylation sites is 1. The number of carbonyl (C=O) groups excluding carboxylic acids is 2. The minimum atomic E-state index is -0.185. The van der Waals surface area contributed by atoms with Gasteiger partial charge in [0.2, 0.25) is 17.7 Å². The second-order valence-corrected chi connectivity index (χ2v) is 7.38. The van der Waals surface area contributed by atoms with Crippen LogP contribution >= 0.6 is 0 Å². The zero-order valence-corrected chi connectivity index (χ0v) is 17.0. The van der Waals surface area contributed by atoms with Crippen LogP contribution in [0.1, 0.15) is 29.5 Å². The number of pyridine rings is 1. The lowest BCUT2D eigenvalue weighted by molar-refractivity contribution is -0.122. The quantitative estimate of drug-likeness (QED) is 0.684. The van der Waals surface area contributed by atoms with Gasteiger partial charge in [0.1, 0.15) is 11.4 Å². The van der Waals surface area contributed by atoms with Crippen molar-refractivity contribution >= 4 is 23.2 Å². The SMILES string of the molecule is Cc1ccc(C)c(NC(=O)CCC(=O)N2Cc3ccccc3Oc3ncccc32)c1. The van der Waals surface area contributed by atoms with E-state index in [9.17, 15) is 9.59 Å². The molecule has 3 aromatic rings. The van der Waals surface area contributed by atoms with Gasteiger partial charge in [-0.25, -0.2) is 4.98 Å². The van der Waals surface area contributed by atoms with Gasteiger partial charge in [0.05, 0.1) is 6.54 Å². The van der Waals surface area contributed by atoms with Crippen molar-refractivity contribution in [3.8, 4) is 11.6 Å². The molecule has 0 aliphatic carbocycles. The van der Waals surface area contributed by atoms with Crippen LogP contribution in [-0.2, 0) is 16.1 Å². The van der Waals surface area contributed by atoms with E-state index in [4.69, 9.17) is 4.74 Å². The van der Waals surface area contributed by atoms with Gasteiger partial charge in [0.15, 0.2) is 0 Å². The Morgan fingerprint density at radius 2 is 1.90 bits per heavy atom. The second kappa shape index (κ2) is 8.37. The maximum absolute atomic E-state index is 13.1. The predicted molar refractivity (Wildman–Crippen MR) is 116 cm³/mol. The zero-order chi connectivity index (χ0) is 21.1. The van der Waals surface area contributed by atoms with Gasteiger partial charge in [-0.05, 0) is 49.2 Å². The number of nitrogens with zero attached hydrogens (tertiary/aromatic N) is 2. The average Bonchev–Trinajstić information content (AvgIpc) is 2.91. The number of rotatable bonds is 4. The molecule has 2 aromatic carbocycles. The monoisotopic (exact) mass is 401 g/mol. The minimum Gasteiger partial charge on any atom is -0.437 e. The number of fused-ring (bicyclic) bond motifs is 2. The number of hydrogen-bond acceptors (Lipinski definition) is 4. The normalized spacial score (nSPS) is 12.3. The number of aryl methyl sites for hydroxylation is 2. The van der Waals surface area contributed by atoms with Crippen LogP contribution in [0.25, 0.3) is 0 Å². The molecule has 0 saturated carbocycles. The molecule has 1 aromatic heterocycles. The van der Waals surface area contributed by atoms with Crippen LogP contribution < -0.4 is 15.0 Å². The Morgan fingerprint density at radius 1 is 1.07 bits per heavy atom. The minimum absolute atomic E-state index is 0.0905. The lowest BCUT2D eigenvalue weighted by Crippen LogP contribution is -2.30. The number of ether oxygens (including phenoxy) is 1. The van der Waals surface area contributed by atoms with Crippen LogP contribution in [-0.4, -0.2) is 16.8 Å². The summed E-state index contributed by atoms with van der Waals surface area (Å²) in [5, 5.41) is 2.91. The fourth-order valence-corrected chi connectivity index (χ4v) is 3.42. The molecule has 1 aliphatic heterocycles. The van der Waals surface area contributed by atoms with Gasteiger partial charge in [-0.15, -0.1) is 0 Å². The summed E-state index contributed by atoms with van der Waals surface area (Å²) >= 11 is 0. The fraction of sp³-hybridized carbons (Fsp3) is 0.208. The van der Waals surface area contributed by atoms with Crippen LogP contribution in [0, 0.1) is 13.8 Å². The van der Waals surface area contributed by atoms with E-state index in [1.54, 1.807) is 17.2 Å². The Bertz CT molecular complexity index is 1110. The first-order valence-electron chi connectivity index (χ1n) is 9.89. The fourth-order valence-electron chi connectivity index (χ4n) is 3.42. The zero-order valence-electron chi connectivity index (χ0n) is 17.0. The number of nitrogens with one attached hydrogen (secondary N) is 1. The van der Waals surface area contributed by atoms with Crippen LogP contribution in [0.5, 0.6) is 11.6 Å². The maximum Gasteiger partial charge on any atom is 0.243 e. The molecule has 1 aliphatic rings. The Morgan fingerprint density at radius 3 is 2.77 bits per heavy atom. The summed E-state index contributed by atoms with van der Waals surface area (Å²) in [6.07, 6.45) is 1.82. The van der Waals surface area contributed by atoms with Crippen molar-refractivity contribution in [2.45, 2.75) is 33.2 Å². The molecule has 0 atom stereocenters. The summed E-state index contributed by atoms with van der Waals surface area (Å²) in [7, 11) is 0. The summed E-state index contributed by atoms with van der Waals surface area (Å²) in [4.78, 5) is 31.4. The molecule has 0 bridgehead atoms. The van der Waals surface area contributed by atoms with Crippen LogP contribution in [0.4, 0.5) is 11.4 Å². The van der Waals surface area contributed by atoms with E-state index < -0.39 is 0 Å². The predicted octanol–water partition coefficient (Wildman–Crippen LogP) is 4.76. The van der Waals surface area contributed by atoms with E-state index in [1.807, 2.05) is 62.4 Å². The number of hydrogen-bond donors (Lipinski definition) is 1. The van der Waals surface area contributed by atoms with Crippen molar-refractivity contribution in [1.82, 2.24) is 4.98 Å². The number of anilines is 2. The van der Waals surface area contributed by atoms with Crippen molar-refractivity contribution in [3.05, 3.63) is 77.5 Å². The van der Waals surface area contributed by atoms with Gasteiger partial charge in [-0.2, -0.15) is 0 Å². The number of aromatic nitrogens is 1. The highest BCUT2D eigenvalue weighted by atomic mass is 16.5. The van der Waals surface area contributed by atoms with E-state index in [1.165, 1.54) is 0 Å². The highest BCUT2D eigenvalue weighted by Gasteiger charge is 2.26. The molecule has 4 rings (SSSR count). The highest BCUT2D eigenvalue weighted by molar-refractivity contribution is 5.99. The van der Waals surface area contributed by atoms with Gasteiger partial charge in [-0.3, -0.25) is 9.59 Å². The molecule has 6 nitrogen and oxygen atoms in total. The van der Waals surface area contributed by atoms with E-state index in [2.05, 4.69) is 10.3 Å². The first-order valence-corrected chi connectivity index (χ1v) is 9.89. The molecule has 2 amide bonds. The molecule has 152 valence electrons. The summed E-state index contributed by atoms with van der Waals surface area (Å²) in [6.45, 7) is 4.29. The summed E-state index contributed by atoms with van der Waals surface area (Å²) in [5.41, 5.74) is 4.33. The Hall–Kier alpha value is -3.67. The second-order valence-electron chi connectivity index (χ2n) is 7.38. The first kappa shape index (κ1) is 19.6. The molecular formula is C24H23N3O3. The van der Waals surface area contributed by atoms with Crippen LogP contribution in [0.2, 0.25) is 0 Å². The Balaban J connectivity index is 1.48. The number of carbonyl (C=O) groups is 2. The van der Waals surface area contributed by atoms with Gasteiger partial charge in [0, 0.05) is 30.3 Å². The summed E-state index contributed by atoms with van der Waals surface area (Å²) in [5.74, 6) is 0.728. The molecule has 0 radical (unpaired) electrons. The lowest BCUT2D eigenvalue weighted by atomic mass is 10.1. The third-order valence-electron chi connectivity index (χ3n) is 5.08. The van der Waals surface area contributed by atoms with Crippen LogP contribution in [0.3, 0.4) is 0 Å². The molecule has 0 fully saturated rings. The summed E-state index contributed by atoms with van der Waals surface area (Å²) < 4.78 is 5.93. The molecule has 30 heavy (non-hydrogen) atoms. The molecule has 0 saturated heterocycles. The molecule has 1 N–H and O–H groups in total. The van der Waals surface area contributed by atoms with Crippen molar-refractivity contribution in [2.75, 3.05) is 10.2 Å². The van der Waals surface area contributed by atoms with E-state index in [-0.39, 0.29) is 24.7 Å². The summed E-state index contributed by atoms with van der Waals surface area (Å²) in [6, 6.07) is 17.1. The topological polar surface area (TPSA) is 71.5 Å².